The molecule has 0 aliphatic rings. The lowest BCUT2D eigenvalue weighted by Crippen LogP contribution is -2.33. The van der Waals surface area contributed by atoms with Crippen LogP contribution >= 0.6 is 0 Å². The number of anilines is 2. The Kier molecular flexibility index (Phi) is 6.69. The van der Waals surface area contributed by atoms with E-state index in [1.165, 1.54) is 0 Å². The van der Waals surface area contributed by atoms with Crippen molar-refractivity contribution in [3.05, 3.63) is 53.9 Å². The van der Waals surface area contributed by atoms with Gasteiger partial charge in [0.1, 0.15) is 5.69 Å². The predicted octanol–water partition coefficient (Wildman–Crippen LogP) is 4.29. The quantitative estimate of drug-likeness (QED) is 0.729. The van der Waals surface area contributed by atoms with E-state index in [0.717, 1.165) is 37.3 Å². The van der Waals surface area contributed by atoms with Gasteiger partial charge in [-0.1, -0.05) is 13.8 Å². The van der Waals surface area contributed by atoms with E-state index in [-0.39, 0.29) is 11.7 Å². The van der Waals surface area contributed by atoms with Gasteiger partial charge in [-0.25, -0.2) is 4.98 Å². The summed E-state index contributed by atoms with van der Waals surface area (Å²) >= 11 is 0. The Morgan fingerprint density at radius 2 is 1.56 bits per heavy atom. The lowest BCUT2D eigenvalue weighted by Gasteiger charge is -2.21. The van der Waals surface area contributed by atoms with Crippen LogP contribution in [0.3, 0.4) is 0 Å². The van der Waals surface area contributed by atoms with Crippen LogP contribution in [0.4, 0.5) is 11.4 Å². The number of pyridine rings is 1. The highest BCUT2D eigenvalue weighted by atomic mass is 16.2. The summed E-state index contributed by atoms with van der Waals surface area (Å²) in [4.78, 5) is 29.9. The van der Waals surface area contributed by atoms with Gasteiger partial charge in [0.05, 0.1) is 11.9 Å². The standard InChI is InChI=1S/C20H25N3O2/c1-4-12-23(13-5-2)20(25)19-11-10-18(14-21-19)22-17-8-6-16(7-9-17)15(3)24/h6-11,14,22H,4-5,12-13H2,1-3H3. The monoisotopic (exact) mass is 339 g/mol. The van der Waals surface area contributed by atoms with Gasteiger partial charge in [0.15, 0.2) is 5.78 Å². The Balaban J connectivity index is 2.05. The van der Waals surface area contributed by atoms with Gasteiger partial charge in [-0.15, -0.1) is 0 Å². The van der Waals surface area contributed by atoms with Crippen LogP contribution in [-0.2, 0) is 0 Å². The number of benzene rings is 1. The number of ketones is 1. The van der Waals surface area contributed by atoms with Crippen molar-refractivity contribution in [3.8, 4) is 0 Å². The summed E-state index contributed by atoms with van der Waals surface area (Å²) < 4.78 is 0. The predicted molar refractivity (Wildman–Crippen MR) is 100 cm³/mol. The number of carbonyl (C=O) groups excluding carboxylic acids is 2. The minimum Gasteiger partial charge on any atom is -0.354 e. The van der Waals surface area contributed by atoms with Crippen molar-refractivity contribution in [2.75, 3.05) is 18.4 Å². The summed E-state index contributed by atoms with van der Waals surface area (Å²) in [5.41, 5.74) is 2.80. The SMILES string of the molecule is CCCN(CCC)C(=O)c1ccc(Nc2ccc(C(C)=O)cc2)cn1. The third kappa shape index (κ3) is 5.14. The van der Waals surface area contributed by atoms with E-state index in [1.807, 2.05) is 23.1 Å². The number of hydrogen-bond donors (Lipinski definition) is 1. The average Bonchev–Trinajstić information content (AvgIpc) is 2.62. The van der Waals surface area contributed by atoms with Crippen molar-refractivity contribution in [1.82, 2.24) is 9.88 Å². The highest BCUT2D eigenvalue weighted by Crippen LogP contribution is 2.17. The number of rotatable bonds is 8. The first kappa shape index (κ1) is 18.6. The third-order valence-corrected chi connectivity index (χ3v) is 3.84. The topological polar surface area (TPSA) is 62.3 Å². The largest absolute Gasteiger partial charge is 0.354 e. The fourth-order valence-corrected chi connectivity index (χ4v) is 2.57. The zero-order chi connectivity index (χ0) is 18.2. The molecule has 0 aliphatic carbocycles. The van der Waals surface area contributed by atoms with Crippen LogP contribution in [0.25, 0.3) is 0 Å². The van der Waals surface area contributed by atoms with Crippen molar-refractivity contribution in [1.29, 1.82) is 0 Å². The molecule has 1 aromatic heterocycles. The van der Waals surface area contributed by atoms with Gasteiger partial charge in [-0.3, -0.25) is 9.59 Å². The third-order valence-electron chi connectivity index (χ3n) is 3.84. The summed E-state index contributed by atoms with van der Waals surface area (Å²) in [6, 6.07) is 10.8. The van der Waals surface area contributed by atoms with E-state index in [1.54, 1.807) is 31.3 Å². The average molecular weight is 339 g/mol. The lowest BCUT2D eigenvalue weighted by molar-refractivity contribution is 0.0749. The molecular formula is C20H25N3O2. The normalized spacial score (nSPS) is 10.4. The van der Waals surface area contributed by atoms with Gasteiger partial charge in [0.2, 0.25) is 0 Å². The zero-order valence-corrected chi connectivity index (χ0v) is 15.1. The number of amides is 1. The fourth-order valence-electron chi connectivity index (χ4n) is 2.57. The molecule has 0 atom stereocenters. The Hall–Kier alpha value is -2.69. The molecule has 0 saturated carbocycles. The fraction of sp³-hybridized carbons (Fsp3) is 0.350. The molecule has 0 aliphatic heterocycles. The number of carbonyl (C=O) groups is 2. The number of nitrogens with zero attached hydrogens (tertiary/aromatic N) is 2. The lowest BCUT2D eigenvalue weighted by atomic mass is 10.1. The molecule has 0 radical (unpaired) electrons. The molecule has 5 nitrogen and oxygen atoms in total. The Labute approximate surface area is 149 Å². The van der Waals surface area contributed by atoms with Gasteiger partial charge >= 0.3 is 0 Å². The Morgan fingerprint density at radius 1 is 0.960 bits per heavy atom. The van der Waals surface area contributed by atoms with Crippen LogP contribution in [0.1, 0.15) is 54.5 Å². The molecule has 1 amide bonds. The first-order valence-electron chi connectivity index (χ1n) is 8.68. The van der Waals surface area contributed by atoms with E-state index in [4.69, 9.17) is 0 Å². The number of nitrogens with one attached hydrogen (secondary N) is 1. The zero-order valence-electron chi connectivity index (χ0n) is 15.1. The number of Topliss-reactive ketones (excluding diaryl/α,β-unsaturated/α-hetero) is 1. The summed E-state index contributed by atoms with van der Waals surface area (Å²) in [5, 5.41) is 3.22. The van der Waals surface area contributed by atoms with Crippen LogP contribution in [0.15, 0.2) is 42.6 Å². The van der Waals surface area contributed by atoms with Crippen molar-refractivity contribution in [2.45, 2.75) is 33.6 Å². The Bertz CT molecular complexity index is 703. The van der Waals surface area contributed by atoms with E-state index in [0.29, 0.717) is 11.3 Å². The summed E-state index contributed by atoms with van der Waals surface area (Å²) in [5.74, 6) is 0.0147. The van der Waals surface area contributed by atoms with Crippen LogP contribution in [-0.4, -0.2) is 34.7 Å². The molecule has 2 rings (SSSR count). The molecule has 0 unspecified atom stereocenters. The highest BCUT2D eigenvalue weighted by molar-refractivity contribution is 5.94. The molecule has 1 N–H and O–H groups in total. The van der Waals surface area contributed by atoms with Crippen molar-refractivity contribution >= 4 is 23.1 Å². The second-order valence-electron chi connectivity index (χ2n) is 5.98. The van der Waals surface area contributed by atoms with Gasteiger partial charge in [-0.05, 0) is 56.2 Å². The van der Waals surface area contributed by atoms with Gasteiger partial charge in [0.25, 0.3) is 5.91 Å². The van der Waals surface area contributed by atoms with Crippen molar-refractivity contribution in [3.63, 3.8) is 0 Å². The maximum Gasteiger partial charge on any atom is 0.272 e. The second-order valence-corrected chi connectivity index (χ2v) is 5.98. The molecule has 2 aromatic rings. The molecule has 0 saturated heterocycles. The molecule has 1 heterocycles. The van der Waals surface area contributed by atoms with Gasteiger partial charge < -0.3 is 10.2 Å². The van der Waals surface area contributed by atoms with E-state index >= 15 is 0 Å². The molecule has 25 heavy (non-hydrogen) atoms. The minimum absolute atomic E-state index is 0.0268. The molecule has 1 aromatic carbocycles. The first-order valence-corrected chi connectivity index (χ1v) is 8.68. The first-order chi connectivity index (χ1) is 12.0. The number of hydrogen-bond acceptors (Lipinski definition) is 4. The maximum absolute atomic E-state index is 12.5. The van der Waals surface area contributed by atoms with Crippen molar-refractivity contribution in [2.24, 2.45) is 0 Å². The van der Waals surface area contributed by atoms with E-state index < -0.39 is 0 Å². The van der Waals surface area contributed by atoms with Crippen molar-refractivity contribution < 1.29 is 9.59 Å². The Morgan fingerprint density at radius 3 is 2.04 bits per heavy atom. The smallest absolute Gasteiger partial charge is 0.272 e. The van der Waals surface area contributed by atoms with Crippen LogP contribution in [0, 0.1) is 0 Å². The van der Waals surface area contributed by atoms with Crippen LogP contribution in [0.2, 0.25) is 0 Å². The molecule has 0 fully saturated rings. The van der Waals surface area contributed by atoms with Crippen LogP contribution < -0.4 is 5.32 Å². The maximum atomic E-state index is 12.5. The molecule has 0 bridgehead atoms. The van der Waals surface area contributed by atoms with E-state index in [2.05, 4.69) is 24.1 Å². The van der Waals surface area contributed by atoms with Crippen LogP contribution in [0.5, 0.6) is 0 Å². The van der Waals surface area contributed by atoms with E-state index in [9.17, 15) is 9.59 Å². The number of aromatic nitrogens is 1. The van der Waals surface area contributed by atoms with Gasteiger partial charge in [-0.2, -0.15) is 0 Å². The molecule has 5 heteroatoms. The molecular weight excluding hydrogens is 314 g/mol. The molecule has 0 spiro atoms. The summed E-state index contributed by atoms with van der Waals surface area (Å²) in [7, 11) is 0. The van der Waals surface area contributed by atoms with Gasteiger partial charge in [0, 0.05) is 24.3 Å². The minimum atomic E-state index is -0.0268. The summed E-state index contributed by atoms with van der Waals surface area (Å²) in [6.45, 7) is 7.16. The summed E-state index contributed by atoms with van der Waals surface area (Å²) in [6.07, 6.45) is 3.52. The highest BCUT2D eigenvalue weighted by Gasteiger charge is 2.15. The second kappa shape index (κ2) is 8.97. The molecule has 132 valence electrons.